The van der Waals surface area contributed by atoms with Crippen molar-refractivity contribution in [3.05, 3.63) is 70.1 Å². The molecule has 35 heavy (non-hydrogen) atoms. The van der Waals surface area contributed by atoms with E-state index in [0.29, 0.717) is 11.4 Å². The van der Waals surface area contributed by atoms with Gasteiger partial charge in [0.15, 0.2) is 16.4 Å². The molecule has 1 saturated heterocycles. The van der Waals surface area contributed by atoms with E-state index in [9.17, 15) is 22.8 Å². The van der Waals surface area contributed by atoms with E-state index in [4.69, 9.17) is 16.3 Å². The van der Waals surface area contributed by atoms with Crippen molar-refractivity contribution in [3.63, 3.8) is 0 Å². The first kappa shape index (κ1) is 25.2. The van der Waals surface area contributed by atoms with Gasteiger partial charge in [0.05, 0.1) is 16.5 Å². The summed E-state index contributed by atoms with van der Waals surface area (Å²) in [4.78, 5) is 39.3. The van der Waals surface area contributed by atoms with Crippen LogP contribution in [0.15, 0.2) is 54.6 Å². The molecule has 1 aliphatic heterocycles. The summed E-state index contributed by atoms with van der Waals surface area (Å²) in [6, 6.07) is 16.0. The number of carbonyl (C=O) groups is 3. The van der Waals surface area contributed by atoms with Crippen LogP contribution in [0, 0.1) is 0 Å². The number of esters is 1. The first-order valence-electron chi connectivity index (χ1n) is 10.9. The molecule has 2 heterocycles. The Balaban J connectivity index is 1.34. The summed E-state index contributed by atoms with van der Waals surface area (Å²) in [5.74, 6) is -1.90. The van der Waals surface area contributed by atoms with E-state index in [0.717, 1.165) is 15.6 Å². The van der Waals surface area contributed by atoms with Crippen molar-refractivity contribution in [1.29, 1.82) is 0 Å². The molecule has 1 N–H and O–H groups in total. The summed E-state index contributed by atoms with van der Waals surface area (Å²) in [6.07, 6.45) is 0.334. The van der Waals surface area contributed by atoms with Gasteiger partial charge in [-0.25, -0.2) is 8.42 Å². The molecule has 1 fully saturated rings. The minimum Gasteiger partial charge on any atom is -0.454 e. The molecule has 1 atom stereocenters. The highest BCUT2D eigenvalue weighted by atomic mass is 35.5. The predicted molar refractivity (Wildman–Crippen MR) is 134 cm³/mol. The second kappa shape index (κ2) is 10.8. The van der Waals surface area contributed by atoms with Gasteiger partial charge < -0.3 is 15.0 Å². The Morgan fingerprint density at radius 1 is 1.09 bits per heavy atom. The zero-order valence-corrected chi connectivity index (χ0v) is 21.0. The van der Waals surface area contributed by atoms with Crippen LogP contribution in [0.3, 0.4) is 0 Å². The van der Waals surface area contributed by atoms with E-state index in [1.165, 1.54) is 16.2 Å². The Hall–Kier alpha value is -2.95. The normalized spacial score (nSPS) is 16.7. The molecule has 0 radical (unpaired) electrons. The maximum Gasteiger partial charge on any atom is 0.325 e. The molecule has 1 unspecified atom stereocenters. The third-order valence-corrected chi connectivity index (χ3v) is 9.08. The maximum absolute atomic E-state index is 12.9. The molecule has 11 heteroatoms. The van der Waals surface area contributed by atoms with Crippen molar-refractivity contribution < 1.29 is 27.5 Å². The topological polar surface area (TPSA) is 110 Å². The number of nitrogens with zero attached hydrogens (tertiary/aromatic N) is 1. The van der Waals surface area contributed by atoms with Crippen molar-refractivity contribution in [2.24, 2.45) is 0 Å². The Bertz CT molecular complexity index is 1360. The second-order valence-corrected chi connectivity index (χ2v) is 11.8. The first-order chi connectivity index (χ1) is 16.7. The van der Waals surface area contributed by atoms with E-state index in [2.05, 4.69) is 5.32 Å². The fraction of sp³-hybridized carbons (Fsp3) is 0.292. The Morgan fingerprint density at radius 2 is 1.80 bits per heavy atom. The molecule has 0 bridgehead atoms. The van der Waals surface area contributed by atoms with E-state index >= 15 is 0 Å². The monoisotopic (exact) mass is 534 g/mol. The lowest BCUT2D eigenvalue weighted by Gasteiger charge is -2.28. The highest BCUT2D eigenvalue weighted by Gasteiger charge is 2.35. The number of ether oxygens (including phenoxy) is 1. The standard InChI is InChI=1S/C24H23ClN2O6S2/c25-22-18-8-4-5-9-19(18)34-23(22)24(30)26-12-21(29)33-14-20(28)27(13-16-6-2-1-3-7-16)17-10-11-35(31,32)15-17/h1-9,17H,10-15H2,(H,26,30). The number of hydrogen-bond donors (Lipinski definition) is 1. The number of nitrogens with one attached hydrogen (secondary N) is 1. The van der Waals surface area contributed by atoms with Crippen LogP contribution in [0.2, 0.25) is 5.02 Å². The molecule has 2 aromatic carbocycles. The smallest absolute Gasteiger partial charge is 0.325 e. The third kappa shape index (κ3) is 6.19. The van der Waals surface area contributed by atoms with Crippen LogP contribution < -0.4 is 5.32 Å². The summed E-state index contributed by atoms with van der Waals surface area (Å²) < 4.78 is 29.9. The van der Waals surface area contributed by atoms with Gasteiger partial charge in [-0.2, -0.15) is 0 Å². The van der Waals surface area contributed by atoms with Crippen molar-refractivity contribution in [2.45, 2.75) is 19.0 Å². The van der Waals surface area contributed by atoms with Crippen molar-refractivity contribution in [3.8, 4) is 0 Å². The number of thiophene rings is 1. The highest BCUT2D eigenvalue weighted by Crippen LogP contribution is 2.34. The predicted octanol–water partition coefficient (Wildman–Crippen LogP) is 3.04. The number of fused-ring (bicyclic) bond motifs is 1. The quantitative estimate of drug-likeness (QED) is 0.445. The number of rotatable bonds is 8. The van der Waals surface area contributed by atoms with Crippen LogP contribution >= 0.6 is 22.9 Å². The molecule has 1 aliphatic rings. The van der Waals surface area contributed by atoms with Crippen molar-refractivity contribution in [2.75, 3.05) is 24.7 Å². The molecule has 8 nitrogen and oxygen atoms in total. The van der Waals surface area contributed by atoms with Gasteiger partial charge in [0.1, 0.15) is 11.4 Å². The number of amides is 2. The average molecular weight is 535 g/mol. The summed E-state index contributed by atoms with van der Waals surface area (Å²) in [6.45, 7) is -0.784. The summed E-state index contributed by atoms with van der Waals surface area (Å²) in [5.41, 5.74) is 0.837. The van der Waals surface area contributed by atoms with Crippen molar-refractivity contribution in [1.82, 2.24) is 10.2 Å². The van der Waals surface area contributed by atoms with Crippen LogP contribution in [-0.4, -0.2) is 61.8 Å². The van der Waals surface area contributed by atoms with Crippen LogP contribution in [0.1, 0.15) is 21.7 Å². The van der Waals surface area contributed by atoms with E-state index in [1.807, 2.05) is 54.6 Å². The largest absolute Gasteiger partial charge is 0.454 e. The van der Waals surface area contributed by atoms with Gasteiger partial charge in [-0.1, -0.05) is 60.1 Å². The molecular formula is C24H23ClN2O6S2. The van der Waals surface area contributed by atoms with Crippen LogP contribution in [-0.2, 0) is 30.7 Å². The zero-order valence-electron chi connectivity index (χ0n) is 18.6. The lowest BCUT2D eigenvalue weighted by atomic mass is 10.1. The molecule has 0 aliphatic carbocycles. The van der Waals surface area contributed by atoms with E-state index in [-0.39, 0.29) is 22.9 Å². The molecule has 0 spiro atoms. The fourth-order valence-electron chi connectivity index (χ4n) is 3.89. The van der Waals surface area contributed by atoms with Crippen LogP contribution in [0.4, 0.5) is 0 Å². The third-order valence-electron chi connectivity index (χ3n) is 5.66. The Labute approximate surface area is 211 Å². The van der Waals surface area contributed by atoms with Gasteiger partial charge in [-0.3, -0.25) is 14.4 Å². The molecule has 3 aromatic rings. The maximum atomic E-state index is 12.9. The Kier molecular flexibility index (Phi) is 7.73. The molecule has 184 valence electrons. The van der Waals surface area contributed by atoms with E-state index < -0.39 is 46.8 Å². The highest BCUT2D eigenvalue weighted by molar-refractivity contribution is 7.91. The second-order valence-electron chi connectivity index (χ2n) is 8.15. The summed E-state index contributed by atoms with van der Waals surface area (Å²) in [5, 5.41) is 3.54. The number of sulfone groups is 1. The molecule has 0 saturated carbocycles. The molecular weight excluding hydrogens is 512 g/mol. The molecule has 2 amide bonds. The zero-order chi connectivity index (χ0) is 25.0. The van der Waals surface area contributed by atoms with Crippen LogP contribution in [0.5, 0.6) is 0 Å². The van der Waals surface area contributed by atoms with Gasteiger partial charge in [0.25, 0.3) is 11.8 Å². The number of hydrogen-bond acceptors (Lipinski definition) is 7. The minimum atomic E-state index is -3.21. The van der Waals surface area contributed by atoms with Gasteiger partial charge >= 0.3 is 5.97 Å². The first-order valence-corrected chi connectivity index (χ1v) is 13.9. The number of benzene rings is 2. The van der Waals surface area contributed by atoms with Gasteiger partial charge in [0.2, 0.25) is 0 Å². The Morgan fingerprint density at radius 3 is 2.49 bits per heavy atom. The number of halogens is 1. The lowest BCUT2D eigenvalue weighted by Crippen LogP contribution is -2.43. The number of carbonyl (C=O) groups excluding carboxylic acids is 3. The molecule has 1 aromatic heterocycles. The van der Waals surface area contributed by atoms with Crippen molar-refractivity contribution >= 4 is 60.6 Å². The van der Waals surface area contributed by atoms with Crippen LogP contribution in [0.25, 0.3) is 10.1 Å². The van der Waals surface area contributed by atoms with E-state index in [1.54, 1.807) is 0 Å². The lowest BCUT2D eigenvalue weighted by molar-refractivity contribution is -0.152. The fourth-order valence-corrected chi connectivity index (χ4v) is 7.06. The van der Waals surface area contributed by atoms with Gasteiger partial charge in [-0.05, 0) is 18.1 Å². The van der Waals surface area contributed by atoms with Gasteiger partial charge in [0, 0.05) is 22.7 Å². The SMILES string of the molecule is O=C(CNC(=O)c1sc2ccccc2c1Cl)OCC(=O)N(Cc1ccccc1)C1CCS(=O)(=O)C1. The summed E-state index contributed by atoms with van der Waals surface area (Å²) >= 11 is 7.51. The average Bonchev–Trinajstić information content (AvgIpc) is 3.39. The van der Waals surface area contributed by atoms with Gasteiger partial charge in [-0.15, -0.1) is 11.3 Å². The summed E-state index contributed by atoms with van der Waals surface area (Å²) in [7, 11) is -3.21. The molecule has 4 rings (SSSR count). The minimum absolute atomic E-state index is 0.0162.